The molecule has 0 saturated heterocycles. The van der Waals surface area contributed by atoms with Crippen molar-refractivity contribution in [3.05, 3.63) is 23.8 Å². The highest BCUT2D eigenvalue weighted by molar-refractivity contribution is 8.13. The van der Waals surface area contributed by atoms with Crippen molar-refractivity contribution < 1.29 is 4.79 Å². The van der Waals surface area contributed by atoms with E-state index in [2.05, 4.69) is 20.9 Å². The standard InChI is InChI=1S/C11H11N5OS/c1-18-11(14-6-12)16-9-4-2-3-8-7(9)5-13-10(17)15-8/h2-4H,5H2,1H3,(H,14,16)(H2,13,15,17). The number of amides is 2. The van der Waals surface area contributed by atoms with Gasteiger partial charge in [-0.1, -0.05) is 17.8 Å². The maximum absolute atomic E-state index is 11.2. The molecule has 0 spiro atoms. The quantitative estimate of drug-likeness (QED) is 0.311. The lowest BCUT2D eigenvalue weighted by atomic mass is 10.1. The maximum Gasteiger partial charge on any atom is 0.319 e. The molecule has 92 valence electrons. The van der Waals surface area contributed by atoms with Crippen LogP contribution in [-0.2, 0) is 6.54 Å². The number of benzene rings is 1. The summed E-state index contributed by atoms with van der Waals surface area (Å²) in [5.74, 6) is 0. The highest BCUT2D eigenvalue weighted by Crippen LogP contribution is 2.29. The zero-order valence-electron chi connectivity index (χ0n) is 9.65. The van der Waals surface area contributed by atoms with Crippen LogP contribution in [0.1, 0.15) is 5.56 Å². The predicted molar refractivity (Wildman–Crippen MR) is 71.7 cm³/mol. The van der Waals surface area contributed by atoms with E-state index in [1.807, 2.05) is 30.6 Å². The van der Waals surface area contributed by atoms with Crippen molar-refractivity contribution >= 4 is 34.3 Å². The number of hydrogen-bond donors (Lipinski definition) is 3. The van der Waals surface area contributed by atoms with E-state index in [4.69, 9.17) is 5.26 Å². The van der Waals surface area contributed by atoms with Crippen LogP contribution in [0.5, 0.6) is 0 Å². The Labute approximate surface area is 108 Å². The van der Waals surface area contributed by atoms with Gasteiger partial charge in [-0.15, -0.1) is 0 Å². The molecule has 7 heteroatoms. The Morgan fingerprint density at radius 2 is 2.44 bits per heavy atom. The van der Waals surface area contributed by atoms with Gasteiger partial charge in [0.1, 0.15) is 0 Å². The van der Waals surface area contributed by atoms with Crippen molar-refractivity contribution in [1.29, 1.82) is 5.26 Å². The van der Waals surface area contributed by atoms with Crippen LogP contribution in [0.3, 0.4) is 0 Å². The lowest BCUT2D eigenvalue weighted by Crippen LogP contribution is -2.33. The van der Waals surface area contributed by atoms with Crippen LogP contribution in [0.2, 0.25) is 0 Å². The summed E-state index contributed by atoms with van der Waals surface area (Å²) in [5, 5.41) is 17.0. The Hall–Kier alpha value is -2.20. The number of thioether (sulfide) groups is 1. The van der Waals surface area contributed by atoms with E-state index in [0.29, 0.717) is 11.7 Å². The lowest BCUT2D eigenvalue weighted by Gasteiger charge is -2.19. The first kappa shape index (κ1) is 12.3. The second kappa shape index (κ2) is 5.42. The van der Waals surface area contributed by atoms with Gasteiger partial charge in [0.25, 0.3) is 0 Å². The van der Waals surface area contributed by atoms with Gasteiger partial charge < -0.3 is 10.6 Å². The van der Waals surface area contributed by atoms with Gasteiger partial charge in [-0.2, -0.15) is 5.26 Å². The Balaban J connectivity index is 2.38. The Kier molecular flexibility index (Phi) is 3.69. The number of nitrogens with one attached hydrogen (secondary N) is 3. The smallest absolute Gasteiger partial charge is 0.319 e. The summed E-state index contributed by atoms with van der Waals surface area (Å²) in [7, 11) is 0. The summed E-state index contributed by atoms with van der Waals surface area (Å²) in [6.07, 6.45) is 3.67. The fourth-order valence-electron chi connectivity index (χ4n) is 1.60. The first-order valence-electron chi connectivity index (χ1n) is 5.19. The number of anilines is 1. The highest BCUT2D eigenvalue weighted by Gasteiger charge is 2.16. The van der Waals surface area contributed by atoms with Crippen LogP contribution in [-0.4, -0.2) is 17.5 Å². The number of urea groups is 1. The van der Waals surface area contributed by atoms with Gasteiger partial charge in [0.15, 0.2) is 11.4 Å². The molecule has 1 aromatic rings. The minimum absolute atomic E-state index is 0.219. The molecule has 0 fully saturated rings. The first-order valence-corrected chi connectivity index (χ1v) is 6.41. The van der Waals surface area contributed by atoms with Gasteiger partial charge in [0, 0.05) is 17.8 Å². The number of carbonyl (C=O) groups excluding carboxylic acids is 1. The van der Waals surface area contributed by atoms with Gasteiger partial charge in [0.2, 0.25) is 0 Å². The second-order valence-corrected chi connectivity index (χ2v) is 4.26. The number of aliphatic imine (C=N–C) groups is 1. The molecule has 6 nitrogen and oxygen atoms in total. The molecule has 3 N–H and O–H groups in total. The number of hydrogen-bond acceptors (Lipinski definition) is 4. The van der Waals surface area contributed by atoms with E-state index in [-0.39, 0.29) is 6.03 Å². The predicted octanol–water partition coefficient (Wildman–Crippen LogP) is 1.74. The summed E-state index contributed by atoms with van der Waals surface area (Å²) in [4.78, 5) is 15.6. The van der Waals surface area contributed by atoms with Crippen molar-refractivity contribution in [1.82, 2.24) is 10.6 Å². The van der Waals surface area contributed by atoms with Crippen LogP contribution in [0.15, 0.2) is 23.2 Å². The summed E-state index contributed by atoms with van der Waals surface area (Å²) in [5.41, 5.74) is 2.38. The molecule has 2 rings (SSSR count). The van der Waals surface area contributed by atoms with Crippen molar-refractivity contribution in [2.75, 3.05) is 11.6 Å². The molecule has 0 bridgehead atoms. The number of nitriles is 1. The zero-order chi connectivity index (χ0) is 13.0. The highest BCUT2D eigenvalue weighted by atomic mass is 32.2. The first-order chi connectivity index (χ1) is 8.74. The van der Waals surface area contributed by atoms with Crippen molar-refractivity contribution in [2.45, 2.75) is 6.54 Å². The molecule has 1 aliphatic heterocycles. The van der Waals surface area contributed by atoms with Gasteiger partial charge in [-0.25, -0.2) is 9.79 Å². The van der Waals surface area contributed by atoms with Gasteiger partial charge in [-0.3, -0.25) is 5.32 Å². The molecule has 2 amide bonds. The normalized spacial score (nSPS) is 14.0. The van der Waals surface area contributed by atoms with Crippen LogP contribution >= 0.6 is 11.8 Å². The molecule has 0 radical (unpaired) electrons. The molecule has 18 heavy (non-hydrogen) atoms. The Bertz CT molecular complexity index is 549. The number of rotatable bonds is 1. The number of fused-ring (bicyclic) bond motifs is 1. The summed E-state index contributed by atoms with van der Waals surface area (Å²) in [6.45, 7) is 0.426. The van der Waals surface area contributed by atoms with E-state index in [9.17, 15) is 4.79 Å². The molecule has 1 aliphatic rings. The number of amidine groups is 1. The molecule has 0 aromatic heterocycles. The third-order valence-electron chi connectivity index (χ3n) is 2.40. The summed E-state index contributed by atoms with van der Waals surface area (Å²) >= 11 is 1.35. The van der Waals surface area contributed by atoms with Crippen LogP contribution in [0.4, 0.5) is 16.2 Å². The second-order valence-electron chi connectivity index (χ2n) is 3.47. The lowest BCUT2D eigenvalue weighted by molar-refractivity contribution is 0.251. The molecular weight excluding hydrogens is 250 g/mol. The largest absolute Gasteiger partial charge is 0.334 e. The topological polar surface area (TPSA) is 89.3 Å². The molecule has 0 aliphatic carbocycles. The van der Waals surface area contributed by atoms with Gasteiger partial charge in [-0.05, 0) is 18.4 Å². The fraction of sp³-hybridized carbons (Fsp3) is 0.182. The van der Waals surface area contributed by atoms with Gasteiger partial charge >= 0.3 is 6.03 Å². The third kappa shape index (κ3) is 2.55. The summed E-state index contributed by atoms with van der Waals surface area (Å²) in [6, 6.07) is 5.26. The van der Waals surface area contributed by atoms with Crippen molar-refractivity contribution in [2.24, 2.45) is 4.99 Å². The van der Waals surface area contributed by atoms with Crippen molar-refractivity contribution in [3.8, 4) is 6.19 Å². The van der Waals surface area contributed by atoms with Crippen LogP contribution in [0, 0.1) is 11.5 Å². The third-order valence-corrected chi connectivity index (χ3v) is 2.98. The minimum atomic E-state index is -0.219. The average Bonchev–Trinajstić information content (AvgIpc) is 2.38. The monoisotopic (exact) mass is 261 g/mol. The Morgan fingerprint density at radius 3 is 3.17 bits per heavy atom. The van der Waals surface area contributed by atoms with Crippen molar-refractivity contribution in [3.63, 3.8) is 0 Å². The number of nitrogens with zero attached hydrogens (tertiary/aromatic N) is 2. The van der Waals surface area contributed by atoms with E-state index in [1.54, 1.807) is 0 Å². The fourth-order valence-corrected chi connectivity index (χ4v) is 1.94. The maximum atomic E-state index is 11.2. The molecule has 1 heterocycles. The van der Waals surface area contributed by atoms with E-state index < -0.39 is 0 Å². The van der Waals surface area contributed by atoms with Gasteiger partial charge in [0.05, 0.1) is 5.69 Å². The summed E-state index contributed by atoms with van der Waals surface area (Å²) < 4.78 is 0. The Morgan fingerprint density at radius 1 is 1.61 bits per heavy atom. The molecule has 0 saturated carbocycles. The van der Waals surface area contributed by atoms with E-state index >= 15 is 0 Å². The SMILES string of the molecule is CSC(=Nc1cccc2c1CNC(=O)N2)NC#N. The molecule has 0 unspecified atom stereocenters. The van der Waals surface area contributed by atoms with E-state index in [1.165, 1.54) is 11.8 Å². The molecular formula is C11H11N5OS. The average molecular weight is 261 g/mol. The molecule has 0 atom stereocenters. The number of carbonyl (C=O) groups is 1. The van der Waals surface area contributed by atoms with Crippen LogP contribution < -0.4 is 16.0 Å². The minimum Gasteiger partial charge on any atom is -0.334 e. The molecule has 1 aromatic carbocycles. The zero-order valence-corrected chi connectivity index (χ0v) is 10.5. The van der Waals surface area contributed by atoms with Crippen LogP contribution in [0.25, 0.3) is 0 Å². The van der Waals surface area contributed by atoms with E-state index in [0.717, 1.165) is 16.9 Å².